The average molecular weight is 237 g/mol. The van der Waals surface area contributed by atoms with Crippen molar-refractivity contribution in [2.24, 2.45) is 11.7 Å². The summed E-state index contributed by atoms with van der Waals surface area (Å²) in [6, 6.07) is 6.14. The molecular weight excluding hydrogens is 214 g/mol. The Morgan fingerprint density at radius 3 is 2.59 bits per heavy atom. The summed E-state index contributed by atoms with van der Waals surface area (Å²) in [6.45, 7) is 4.93. The van der Waals surface area contributed by atoms with Gasteiger partial charge in [0.15, 0.2) is 0 Å². The fourth-order valence-corrected chi connectivity index (χ4v) is 1.88. The maximum atomic E-state index is 6.27. The normalized spacial score (nSPS) is 14.4. The third-order valence-electron chi connectivity index (χ3n) is 3.14. The van der Waals surface area contributed by atoms with Crippen LogP contribution in [0.3, 0.4) is 0 Å². The lowest BCUT2D eigenvalue weighted by atomic mass is 9.92. The highest BCUT2D eigenvalue weighted by Crippen LogP contribution is 2.30. The summed E-state index contributed by atoms with van der Waals surface area (Å²) >= 11 is 0. The Morgan fingerprint density at radius 1 is 1.29 bits per heavy atom. The van der Waals surface area contributed by atoms with Gasteiger partial charge in [0.25, 0.3) is 0 Å². The molecule has 2 N–H and O–H groups in total. The van der Waals surface area contributed by atoms with E-state index in [1.54, 1.807) is 14.2 Å². The minimum atomic E-state index is -0.0132. The van der Waals surface area contributed by atoms with Gasteiger partial charge in [-0.05, 0) is 30.9 Å². The standard InChI is InChI=1S/C14H23NO2/c1-10-5-6-12(13(9-10)17-4)14(15)11(2)7-8-16-3/h5-6,9,11,14H,7-8,15H2,1-4H3. The van der Waals surface area contributed by atoms with E-state index in [4.69, 9.17) is 15.2 Å². The Hall–Kier alpha value is -1.06. The van der Waals surface area contributed by atoms with Crippen molar-refractivity contribution >= 4 is 0 Å². The predicted octanol–water partition coefficient (Wildman–Crippen LogP) is 2.68. The highest BCUT2D eigenvalue weighted by molar-refractivity contribution is 5.39. The van der Waals surface area contributed by atoms with Crippen molar-refractivity contribution in [2.45, 2.75) is 26.3 Å². The molecule has 3 nitrogen and oxygen atoms in total. The van der Waals surface area contributed by atoms with Crippen molar-refractivity contribution in [3.8, 4) is 5.75 Å². The first kappa shape index (κ1) is 14.0. The van der Waals surface area contributed by atoms with E-state index >= 15 is 0 Å². The Kier molecular flexibility index (Phi) is 5.45. The van der Waals surface area contributed by atoms with Crippen LogP contribution < -0.4 is 10.5 Å². The summed E-state index contributed by atoms with van der Waals surface area (Å²) in [4.78, 5) is 0. The van der Waals surface area contributed by atoms with E-state index in [0.717, 1.165) is 24.3 Å². The second-order valence-corrected chi connectivity index (χ2v) is 4.53. The van der Waals surface area contributed by atoms with Gasteiger partial charge in [-0.1, -0.05) is 19.1 Å². The van der Waals surface area contributed by atoms with E-state index in [0.29, 0.717) is 5.92 Å². The third kappa shape index (κ3) is 3.72. The van der Waals surface area contributed by atoms with E-state index in [9.17, 15) is 0 Å². The fraction of sp³-hybridized carbons (Fsp3) is 0.571. The van der Waals surface area contributed by atoms with Gasteiger partial charge >= 0.3 is 0 Å². The molecule has 2 unspecified atom stereocenters. The molecule has 0 saturated heterocycles. The SMILES string of the molecule is COCCC(C)C(N)c1ccc(C)cc1OC. The van der Waals surface area contributed by atoms with Crippen LogP contribution in [0.1, 0.15) is 30.5 Å². The largest absolute Gasteiger partial charge is 0.496 e. The van der Waals surface area contributed by atoms with E-state index in [1.165, 1.54) is 5.56 Å². The highest BCUT2D eigenvalue weighted by Gasteiger charge is 2.18. The van der Waals surface area contributed by atoms with Crippen molar-refractivity contribution in [1.82, 2.24) is 0 Å². The Labute approximate surface area is 104 Å². The summed E-state index contributed by atoms with van der Waals surface area (Å²) in [7, 11) is 3.40. The first-order valence-corrected chi connectivity index (χ1v) is 5.99. The lowest BCUT2D eigenvalue weighted by molar-refractivity contribution is 0.174. The number of ether oxygens (including phenoxy) is 2. The van der Waals surface area contributed by atoms with Crippen LogP contribution in [0.2, 0.25) is 0 Å². The van der Waals surface area contributed by atoms with Gasteiger partial charge in [0.2, 0.25) is 0 Å². The van der Waals surface area contributed by atoms with Crippen LogP contribution in [0, 0.1) is 12.8 Å². The summed E-state index contributed by atoms with van der Waals surface area (Å²) in [5.74, 6) is 1.24. The quantitative estimate of drug-likeness (QED) is 0.827. The van der Waals surface area contributed by atoms with Crippen LogP contribution in [0.4, 0.5) is 0 Å². The lowest BCUT2D eigenvalue weighted by Crippen LogP contribution is -2.21. The monoisotopic (exact) mass is 237 g/mol. The molecule has 0 aliphatic rings. The van der Waals surface area contributed by atoms with Gasteiger partial charge in [0, 0.05) is 25.3 Å². The minimum Gasteiger partial charge on any atom is -0.496 e. The van der Waals surface area contributed by atoms with E-state index in [2.05, 4.69) is 19.1 Å². The summed E-state index contributed by atoms with van der Waals surface area (Å²) in [6.07, 6.45) is 0.953. The Morgan fingerprint density at radius 2 is 2.00 bits per heavy atom. The molecule has 0 heterocycles. The first-order chi connectivity index (χ1) is 8.10. The second-order valence-electron chi connectivity index (χ2n) is 4.53. The third-order valence-corrected chi connectivity index (χ3v) is 3.14. The molecule has 0 saturated carbocycles. The topological polar surface area (TPSA) is 44.5 Å². The van der Waals surface area contributed by atoms with Gasteiger partial charge in [-0.15, -0.1) is 0 Å². The fourth-order valence-electron chi connectivity index (χ4n) is 1.88. The van der Waals surface area contributed by atoms with Crippen molar-refractivity contribution in [3.63, 3.8) is 0 Å². The number of benzene rings is 1. The number of nitrogens with two attached hydrogens (primary N) is 1. The van der Waals surface area contributed by atoms with Crippen LogP contribution >= 0.6 is 0 Å². The summed E-state index contributed by atoms with van der Waals surface area (Å²) in [5, 5.41) is 0. The number of aryl methyl sites for hydroxylation is 1. The lowest BCUT2D eigenvalue weighted by Gasteiger charge is -2.22. The van der Waals surface area contributed by atoms with Crippen LogP contribution in [0.15, 0.2) is 18.2 Å². The molecule has 3 heteroatoms. The number of rotatable bonds is 6. The molecular formula is C14H23NO2. The van der Waals surface area contributed by atoms with Gasteiger partial charge < -0.3 is 15.2 Å². The molecule has 0 bridgehead atoms. The van der Waals surface area contributed by atoms with Gasteiger partial charge in [-0.25, -0.2) is 0 Å². The zero-order chi connectivity index (χ0) is 12.8. The zero-order valence-corrected chi connectivity index (χ0v) is 11.2. The number of methoxy groups -OCH3 is 2. The van der Waals surface area contributed by atoms with Gasteiger partial charge in [0.05, 0.1) is 7.11 Å². The molecule has 0 spiro atoms. The first-order valence-electron chi connectivity index (χ1n) is 5.99. The van der Waals surface area contributed by atoms with Crippen molar-refractivity contribution in [3.05, 3.63) is 29.3 Å². The average Bonchev–Trinajstić information content (AvgIpc) is 2.34. The maximum absolute atomic E-state index is 6.27. The van der Waals surface area contributed by atoms with Crippen molar-refractivity contribution in [2.75, 3.05) is 20.8 Å². The molecule has 0 radical (unpaired) electrons. The second kappa shape index (κ2) is 6.62. The molecule has 0 amide bonds. The maximum Gasteiger partial charge on any atom is 0.123 e. The molecule has 96 valence electrons. The molecule has 0 aromatic heterocycles. The van der Waals surface area contributed by atoms with Crippen LogP contribution in [0.5, 0.6) is 5.75 Å². The number of hydrogen-bond acceptors (Lipinski definition) is 3. The Balaban J connectivity index is 2.83. The zero-order valence-electron chi connectivity index (χ0n) is 11.2. The molecule has 1 rings (SSSR count). The van der Waals surface area contributed by atoms with Crippen molar-refractivity contribution < 1.29 is 9.47 Å². The van der Waals surface area contributed by atoms with Gasteiger partial charge in [-0.3, -0.25) is 0 Å². The summed E-state index contributed by atoms with van der Waals surface area (Å²) < 4.78 is 10.5. The van der Waals surface area contributed by atoms with Crippen LogP contribution in [0.25, 0.3) is 0 Å². The molecule has 0 aliphatic heterocycles. The Bertz CT molecular complexity index is 352. The molecule has 1 aromatic rings. The van der Waals surface area contributed by atoms with Gasteiger partial charge in [-0.2, -0.15) is 0 Å². The summed E-state index contributed by atoms with van der Waals surface area (Å²) in [5.41, 5.74) is 8.52. The highest BCUT2D eigenvalue weighted by atomic mass is 16.5. The smallest absolute Gasteiger partial charge is 0.123 e. The van der Waals surface area contributed by atoms with E-state index in [-0.39, 0.29) is 6.04 Å². The number of hydrogen-bond donors (Lipinski definition) is 1. The van der Waals surface area contributed by atoms with E-state index < -0.39 is 0 Å². The van der Waals surface area contributed by atoms with Crippen LogP contribution in [-0.4, -0.2) is 20.8 Å². The van der Waals surface area contributed by atoms with E-state index in [1.807, 2.05) is 13.0 Å². The molecule has 1 aromatic carbocycles. The molecule has 0 fully saturated rings. The molecule has 17 heavy (non-hydrogen) atoms. The van der Waals surface area contributed by atoms with Crippen LogP contribution in [-0.2, 0) is 4.74 Å². The predicted molar refractivity (Wildman–Crippen MR) is 70.3 cm³/mol. The van der Waals surface area contributed by atoms with Gasteiger partial charge in [0.1, 0.15) is 5.75 Å². The van der Waals surface area contributed by atoms with Crippen molar-refractivity contribution in [1.29, 1.82) is 0 Å². The minimum absolute atomic E-state index is 0.0132. The molecule has 2 atom stereocenters. The molecule has 0 aliphatic carbocycles.